The van der Waals surface area contributed by atoms with Gasteiger partial charge in [0.25, 0.3) is 0 Å². The minimum atomic E-state index is -3.73. The van der Waals surface area contributed by atoms with Crippen LogP contribution in [0.4, 0.5) is 0 Å². The van der Waals surface area contributed by atoms with E-state index in [2.05, 4.69) is 9.62 Å². The Morgan fingerprint density at radius 3 is 2.47 bits per heavy atom. The van der Waals surface area contributed by atoms with Crippen molar-refractivity contribution in [1.29, 1.82) is 0 Å². The average Bonchev–Trinajstić information content (AvgIpc) is 3.05. The molecule has 1 aromatic carbocycles. The number of hydrogen-bond donors (Lipinski definition) is 1. The number of likely N-dealkylation sites (tertiary alicyclic amines) is 1. The van der Waals surface area contributed by atoms with E-state index >= 15 is 0 Å². The molecule has 2 fully saturated rings. The summed E-state index contributed by atoms with van der Waals surface area (Å²) in [6, 6.07) is 4.59. The van der Waals surface area contributed by atoms with E-state index in [0.29, 0.717) is 30.6 Å². The van der Waals surface area contributed by atoms with Gasteiger partial charge < -0.3 is 19.1 Å². The first-order valence-electron chi connectivity index (χ1n) is 11.5. The average molecular weight is 468 g/mol. The van der Waals surface area contributed by atoms with E-state index in [4.69, 9.17) is 14.2 Å². The number of ether oxygens (including phenoxy) is 3. The van der Waals surface area contributed by atoms with Crippen LogP contribution in [0.25, 0.3) is 0 Å². The van der Waals surface area contributed by atoms with Crippen LogP contribution in [0.1, 0.15) is 25.7 Å². The summed E-state index contributed by atoms with van der Waals surface area (Å²) in [7, 11) is -3.73. The number of fused-ring (bicyclic) bond motifs is 1. The summed E-state index contributed by atoms with van der Waals surface area (Å²) in [6.07, 6.45) is 2.89. The molecule has 4 rings (SSSR count). The van der Waals surface area contributed by atoms with E-state index < -0.39 is 10.0 Å². The molecule has 178 valence electrons. The minimum Gasteiger partial charge on any atom is -0.490 e. The molecule has 0 aliphatic carbocycles. The lowest BCUT2D eigenvalue weighted by Gasteiger charge is -2.36. The lowest BCUT2D eigenvalue weighted by atomic mass is 9.96. The van der Waals surface area contributed by atoms with Crippen LogP contribution in [0.3, 0.4) is 0 Å². The van der Waals surface area contributed by atoms with Crippen molar-refractivity contribution in [2.24, 2.45) is 5.92 Å². The van der Waals surface area contributed by atoms with Crippen molar-refractivity contribution in [1.82, 2.24) is 14.5 Å². The molecule has 0 unspecified atom stereocenters. The molecule has 1 aromatic rings. The first-order valence-corrected chi connectivity index (χ1v) is 13.0. The van der Waals surface area contributed by atoms with Gasteiger partial charge in [0.1, 0.15) is 0 Å². The monoisotopic (exact) mass is 467 g/mol. The summed E-state index contributed by atoms with van der Waals surface area (Å²) < 4.78 is 44.4. The highest BCUT2D eigenvalue weighted by molar-refractivity contribution is 7.89. The molecule has 9 nitrogen and oxygen atoms in total. The number of benzene rings is 1. The Bertz CT molecular complexity index is 880. The maximum Gasteiger partial charge on any atom is 0.240 e. The Morgan fingerprint density at radius 2 is 1.72 bits per heavy atom. The summed E-state index contributed by atoms with van der Waals surface area (Å²) in [5.41, 5.74) is 0. The van der Waals surface area contributed by atoms with Crippen LogP contribution in [-0.2, 0) is 19.6 Å². The van der Waals surface area contributed by atoms with Gasteiger partial charge in [0.15, 0.2) is 11.5 Å². The summed E-state index contributed by atoms with van der Waals surface area (Å²) in [4.78, 5) is 17.0. The third kappa shape index (κ3) is 6.12. The molecular weight excluding hydrogens is 434 g/mol. The van der Waals surface area contributed by atoms with Crippen LogP contribution in [0, 0.1) is 5.92 Å². The molecule has 0 aromatic heterocycles. The summed E-state index contributed by atoms with van der Waals surface area (Å²) in [6.45, 7) is 7.24. The molecule has 32 heavy (non-hydrogen) atoms. The first-order chi connectivity index (χ1) is 15.5. The fourth-order valence-corrected chi connectivity index (χ4v) is 5.41. The number of nitrogens with one attached hydrogen (secondary N) is 1. The Morgan fingerprint density at radius 1 is 1.00 bits per heavy atom. The highest BCUT2D eigenvalue weighted by atomic mass is 32.2. The predicted octanol–water partition coefficient (Wildman–Crippen LogP) is 1.09. The van der Waals surface area contributed by atoms with Crippen LogP contribution in [0.5, 0.6) is 11.5 Å². The zero-order valence-electron chi connectivity index (χ0n) is 18.5. The van der Waals surface area contributed by atoms with Crippen LogP contribution in [-0.4, -0.2) is 89.8 Å². The quantitative estimate of drug-likeness (QED) is 0.641. The van der Waals surface area contributed by atoms with E-state index in [1.807, 2.05) is 4.90 Å². The number of piperidine rings is 1. The number of rotatable bonds is 7. The fraction of sp³-hybridized carbons (Fsp3) is 0.682. The zero-order chi connectivity index (χ0) is 22.4. The van der Waals surface area contributed by atoms with Gasteiger partial charge in [-0.3, -0.25) is 9.69 Å². The van der Waals surface area contributed by atoms with Crippen LogP contribution < -0.4 is 14.2 Å². The number of hydrogen-bond acceptors (Lipinski definition) is 7. The van der Waals surface area contributed by atoms with Gasteiger partial charge in [-0.05, 0) is 30.9 Å². The molecule has 2 saturated heterocycles. The highest BCUT2D eigenvalue weighted by Gasteiger charge is 2.25. The van der Waals surface area contributed by atoms with E-state index in [0.717, 1.165) is 65.2 Å². The van der Waals surface area contributed by atoms with Crippen molar-refractivity contribution in [2.45, 2.75) is 30.6 Å². The largest absolute Gasteiger partial charge is 0.490 e. The van der Waals surface area contributed by atoms with Crippen LogP contribution in [0.2, 0.25) is 0 Å². The van der Waals surface area contributed by atoms with Gasteiger partial charge in [-0.25, -0.2) is 13.1 Å². The number of nitrogens with zero attached hydrogens (tertiary/aromatic N) is 2. The first kappa shape index (κ1) is 23.3. The van der Waals surface area contributed by atoms with Gasteiger partial charge in [0.2, 0.25) is 15.9 Å². The van der Waals surface area contributed by atoms with E-state index in [9.17, 15) is 13.2 Å². The van der Waals surface area contributed by atoms with Gasteiger partial charge in [0, 0.05) is 58.2 Å². The topological polar surface area (TPSA) is 97.4 Å². The summed E-state index contributed by atoms with van der Waals surface area (Å²) >= 11 is 0. The molecule has 0 spiro atoms. The highest BCUT2D eigenvalue weighted by Crippen LogP contribution is 2.31. The molecule has 1 amide bonds. The smallest absolute Gasteiger partial charge is 0.240 e. The van der Waals surface area contributed by atoms with Gasteiger partial charge in [-0.2, -0.15) is 0 Å². The number of carbonyl (C=O) groups excluding carboxylic acids is 1. The maximum atomic E-state index is 12.6. The summed E-state index contributed by atoms with van der Waals surface area (Å²) in [5, 5.41) is 0. The fourth-order valence-electron chi connectivity index (χ4n) is 4.36. The Hall–Kier alpha value is -1.88. The standard InChI is InChI=1S/C22H33N3O6S/c26-22(25-8-5-18(6-9-25)17-24-10-14-29-15-11-24)4-7-23-32(27,28)19-2-3-20-21(16-19)31-13-1-12-30-20/h2-3,16,18,23H,1,4-15,17H2. The zero-order valence-corrected chi connectivity index (χ0v) is 19.3. The molecular formula is C22H33N3O6S. The van der Waals surface area contributed by atoms with Gasteiger partial charge in [-0.15, -0.1) is 0 Å². The number of morpholine rings is 1. The molecule has 0 saturated carbocycles. The van der Waals surface area contributed by atoms with Crippen molar-refractivity contribution < 1.29 is 27.4 Å². The van der Waals surface area contributed by atoms with E-state index in [-0.39, 0.29) is 23.8 Å². The lowest BCUT2D eigenvalue weighted by Crippen LogP contribution is -2.44. The second kappa shape index (κ2) is 10.8. The molecule has 0 atom stereocenters. The van der Waals surface area contributed by atoms with Gasteiger partial charge in [-0.1, -0.05) is 0 Å². The number of amides is 1. The molecule has 0 radical (unpaired) electrons. The van der Waals surface area contributed by atoms with Crippen molar-refractivity contribution >= 4 is 15.9 Å². The Balaban J connectivity index is 1.21. The number of carbonyl (C=O) groups is 1. The second-order valence-corrected chi connectivity index (χ2v) is 10.3. The van der Waals surface area contributed by atoms with Crippen LogP contribution >= 0.6 is 0 Å². The van der Waals surface area contributed by atoms with E-state index in [1.54, 1.807) is 6.07 Å². The Labute approximate surface area is 190 Å². The van der Waals surface area contributed by atoms with Gasteiger partial charge >= 0.3 is 0 Å². The van der Waals surface area contributed by atoms with Crippen molar-refractivity contribution in [2.75, 3.05) is 65.7 Å². The van der Waals surface area contributed by atoms with Crippen molar-refractivity contribution in [3.05, 3.63) is 18.2 Å². The lowest BCUT2D eigenvalue weighted by molar-refractivity contribution is -0.132. The van der Waals surface area contributed by atoms with E-state index in [1.165, 1.54) is 12.1 Å². The third-order valence-corrected chi connectivity index (χ3v) is 7.71. The predicted molar refractivity (Wildman–Crippen MR) is 118 cm³/mol. The molecule has 0 bridgehead atoms. The number of sulfonamides is 1. The second-order valence-electron chi connectivity index (χ2n) is 8.54. The molecule has 3 heterocycles. The molecule has 10 heteroatoms. The van der Waals surface area contributed by atoms with Crippen LogP contribution in [0.15, 0.2) is 23.1 Å². The van der Waals surface area contributed by atoms with Crippen molar-refractivity contribution in [3.63, 3.8) is 0 Å². The summed E-state index contributed by atoms with van der Waals surface area (Å²) in [5.74, 6) is 1.58. The normalized spacial score (nSPS) is 20.7. The molecule has 1 N–H and O–H groups in total. The minimum absolute atomic E-state index is 0.00353. The van der Waals surface area contributed by atoms with Gasteiger partial charge in [0.05, 0.1) is 31.3 Å². The maximum absolute atomic E-state index is 12.6. The SMILES string of the molecule is O=C(CCNS(=O)(=O)c1ccc2c(c1)OCCCO2)N1CCC(CN2CCOCC2)CC1. The molecule has 3 aliphatic heterocycles. The Kier molecular flexibility index (Phi) is 7.88. The van der Waals surface area contributed by atoms with Crippen molar-refractivity contribution in [3.8, 4) is 11.5 Å². The third-order valence-electron chi connectivity index (χ3n) is 6.25. The molecule has 3 aliphatic rings.